The Labute approximate surface area is 121 Å². The van der Waals surface area contributed by atoms with Crippen molar-refractivity contribution >= 4 is 23.2 Å². The van der Waals surface area contributed by atoms with E-state index in [0.29, 0.717) is 28.0 Å². The van der Waals surface area contributed by atoms with Crippen molar-refractivity contribution in [1.82, 2.24) is 4.98 Å². The molecular weight excluding hydrogens is 285 g/mol. The lowest BCUT2D eigenvalue weighted by Gasteiger charge is -2.14. The molecular formula is C14H13Cl2NO2. The van der Waals surface area contributed by atoms with Gasteiger partial charge in [0.25, 0.3) is 0 Å². The number of hydrogen-bond acceptors (Lipinski definition) is 3. The SMILES string of the molecule is C[C@@H](O)c1cc(Cl)ccc1OCc1ccncc1Cl. The summed E-state index contributed by atoms with van der Waals surface area (Å²) in [6.07, 6.45) is 2.57. The normalized spacial score (nSPS) is 12.2. The van der Waals surface area contributed by atoms with Crippen LogP contribution >= 0.6 is 23.2 Å². The molecule has 0 aliphatic rings. The molecule has 0 saturated carbocycles. The molecule has 0 unspecified atom stereocenters. The van der Waals surface area contributed by atoms with Crippen LogP contribution in [0.3, 0.4) is 0 Å². The fourth-order valence-corrected chi connectivity index (χ4v) is 2.01. The van der Waals surface area contributed by atoms with Crippen LogP contribution in [-0.4, -0.2) is 10.1 Å². The number of pyridine rings is 1. The summed E-state index contributed by atoms with van der Waals surface area (Å²) in [5.41, 5.74) is 1.49. The smallest absolute Gasteiger partial charge is 0.125 e. The van der Waals surface area contributed by atoms with Crippen LogP contribution in [0.1, 0.15) is 24.2 Å². The van der Waals surface area contributed by atoms with Crippen molar-refractivity contribution in [1.29, 1.82) is 0 Å². The number of rotatable bonds is 4. The van der Waals surface area contributed by atoms with Gasteiger partial charge in [-0.1, -0.05) is 23.2 Å². The van der Waals surface area contributed by atoms with Gasteiger partial charge < -0.3 is 9.84 Å². The van der Waals surface area contributed by atoms with E-state index in [1.165, 1.54) is 0 Å². The topological polar surface area (TPSA) is 42.4 Å². The van der Waals surface area contributed by atoms with Gasteiger partial charge in [-0.05, 0) is 31.2 Å². The number of halogens is 2. The van der Waals surface area contributed by atoms with E-state index in [0.717, 1.165) is 5.56 Å². The zero-order chi connectivity index (χ0) is 13.8. The minimum Gasteiger partial charge on any atom is -0.488 e. The van der Waals surface area contributed by atoms with E-state index in [1.807, 2.05) is 0 Å². The molecule has 1 aromatic heterocycles. The quantitative estimate of drug-likeness (QED) is 0.927. The van der Waals surface area contributed by atoms with Crippen LogP contribution in [0.15, 0.2) is 36.7 Å². The highest BCUT2D eigenvalue weighted by molar-refractivity contribution is 6.31. The standard InChI is InChI=1S/C14H13Cl2NO2/c1-9(18)12-6-11(15)2-3-14(12)19-8-10-4-5-17-7-13(10)16/h2-7,9,18H,8H2,1H3/t9-/m1/s1. The molecule has 0 bridgehead atoms. The first kappa shape index (κ1) is 14.1. The summed E-state index contributed by atoms with van der Waals surface area (Å²) in [5.74, 6) is 0.590. The van der Waals surface area contributed by atoms with E-state index < -0.39 is 6.10 Å². The molecule has 1 atom stereocenters. The lowest BCUT2D eigenvalue weighted by molar-refractivity contribution is 0.190. The highest BCUT2D eigenvalue weighted by atomic mass is 35.5. The third kappa shape index (κ3) is 3.60. The Hall–Kier alpha value is -1.29. The highest BCUT2D eigenvalue weighted by Gasteiger charge is 2.10. The minimum atomic E-state index is -0.651. The van der Waals surface area contributed by atoms with Gasteiger partial charge in [-0.3, -0.25) is 4.98 Å². The summed E-state index contributed by atoms with van der Waals surface area (Å²) in [6, 6.07) is 6.94. The number of hydrogen-bond donors (Lipinski definition) is 1. The van der Waals surface area contributed by atoms with Gasteiger partial charge in [0, 0.05) is 28.5 Å². The third-order valence-corrected chi connectivity index (χ3v) is 3.24. The molecule has 19 heavy (non-hydrogen) atoms. The second-order valence-electron chi connectivity index (χ2n) is 4.11. The molecule has 2 aromatic rings. The lowest BCUT2D eigenvalue weighted by atomic mass is 10.1. The monoisotopic (exact) mass is 297 g/mol. The average molecular weight is 298 g/mol. The molecule has 3 nitrogen and oxygen atoms in total. The first-order valence-electron chi connectivity index (χ1n) is 5.76. The second-order valence-corrected chi connectivity index (χ2v) is 4.96. The van der Waals surface area contributed by atoms with Crippen LogP contribution in [0.5, 0.6) is 5.75 Å². The number of aliphatic hydroxyl groups is 1. The van der Waals surface area contributed by atoms with Crippen molar-refractivity contribution in [3.8, 4) is 5.75 Å². The Kier molecular flexibility index (Phi) is 4.64. The molecule has 100 valence electrons. The zero-order valence-corrected chi connectivity index (χ0v) is 11.8. The van der Waals surface area contributed by atoms with Crippen molar-refractivity contribution in [3.63, 3.8) is 0 Å². The molecule has 0 amide bonds. The van der Waals surface area contributed by atoms with E-state index in [-0.39, 0.29) is 0 Å². The highest BCUT2D eigenvalue weighted by Crippen LogP contribution is 2.29. The Balaban J connectivity index is 2.18. The van der Waals surface area contributed by atoms with Crippen molar-refractivity contribution in [2.45, 2.75) is 19.6 Å². The molecule has 0 spiro atoms. The molecule has 0 saturated heterocycles. The molecule has 2 rings (SSSR count). The lowest BCUT2D eigenvalue weighted by Crippen LogP contribution is -2.01. The van der Waals surface area contributed by atoms with Gasteiger partial charge in [0.1, 0.15) is 12.4 Å². The van der Waals surface area contributed by atoms with Gasteiger partial charge in [0.15, 0.2) is 0 Å². The molecule has 1 N–H and O–H groups in total. The van der Waals surface area contributed by atoms with Crippen molar-refractivity contribution in [2.24, 2.45) is 0 Å². The molecule has 0 aliphatic heterocycles. The van der Waals surface area contributed by atoms with E-state index in [9.17, 15) is 5.11 Å². The third-order valence-electron chi connectivity index (χ3n) is 2.66. The molecule has 0 aliphatic carbocycles. The predicted molar refractivity (Wildman–Crippen MR) is 75.7 cm³/mol. The van der Waals surface area contributed by atoms with Crippen LogP contribution in [0.2, 0.25) is 10.0 Å². The van der Waals surface area contributed by atoms with Crippen molar-refractivity contribution < 1.29 is 9.84 Å². The van der Waals surface area contributed by atoms with Crippen LogP contribution in [-0.2, 0) is 6.61 Å². The van der Waals surface area contributed by atoms with E-state index in [2.05, 4.69) is 4.98 Å². The minimum absolute atomic E-state index is 0.308. The fraction of sp³-hybridized carbons (Fsp3) is 0.214. The first-order chi connectivity index (χ1) is 9.08. The van der Waals surface area contributed by atoms with E-state index in [1.54, 1.807) is 43.6 Å². The van der Waals surface area contributed by atoms with Crippen molar-refractivity contribution in [2.75, 3.05) is 0 Å². The van der Waals surface area contributed by atoms with Gasteiger partial charge in [0.05, 0.1) is 11.1 Å². The van der Waals surface area contributed by atoms with Gasteiger partial charge in [-0.25, -0.2) is 0 Å². The van der Waals surface area contributed by atoms with Gasteiger partial charge in [-0.2, -0.15) is 0 Å². The van der Waals surface area contributed by atoms with Crippen LogP contribution in [0, 0.1) is 0 Å². The molecule has 0 fully saturated rings. The Morgan fingerprint density at radius 2 is 2.11 bits per heavy atom. The number of benzene rings is 1. The molecule has 5 heteroatoms. The number of aromatic nitrogens is 1. The van der Waals surface area contributed by atoms with Crippen LogP contribution in [0.25, 0.3) is 0 Å². The molecule has 1 heterocycles. The number of nitrogens with zero attached hydrogens (tertiary/aromatic N) is 1. The van der Waals surface area contributed by atoms with Gasteiger partial charge in [-0.15, -0.1) is 0 Å². The van der Waals surface area contributed by atoms with Crippen LogP contribution in [0.4, 0.5) is 0 Å². The summed E-state index contributed by atoms with van der Waals surface area (Å²) in [4.78, 5) is 3.91. The predicted octanol–water partition coefficient (Wildman–Crippen LogP) is 4.02. The number of ether oxygens (including phenoxy) is 1. The van der Waals surface area contributed by atoms with E-state index >= 15 is 0 Å². The van der Waals surface area contributed by atoms with Gasteiger partial charge in [0.2, 0.25) is 0 Å². The summed E-state index contributed by atoms with van der Waals surface area (Å²) in [5, 5.41) is 10.8. The van der Waals surface area contributed by atoms with E-state index in [4.69, 9.17) is 27.9 Å². The summed E-state index contributed by atoms with van der Waals surface area (Å²) in [7, 11) is 0. The van der Waals surface area contributed by atoms with Crippen LogP contribution < -0.4 is 4.74 Å². The second kappa shape index (κ2) is 6.24. The summed E-state index contributed by atoms with van der Waals surface area (Å²) in [6.45, 7) is 1.97. The maximum atomic E-state index is 9.71. The Bertz CT molecular complexity index is 573. The largest absolute Gasteiger partial charge is 0.488 e. The number of aliphatic hydroxyl groups excluding tert-OH is 1. The average Bonchev–Trinajstić information content (AvgIpc) is 2.38. The maximum Gasteiger partial charge on any atom is 0.125 e. The van der Waals surface area contributed by atoms with Crippen molar-refractivity contribution in [3.05, 3.63) is 57.8 Å². The maximum absolute atomic E-state index is 9.71. The summed E-state index contributed by atoms with van der Waals surface area (Å²) < 4.78 is 5.69. The Morgan fingerprint density at radius 1 is 1.32 bits per heavy atom. The fourth-order valence-electron chi connectivity index (χ4n) is 1.65. The summed E-state index contributed by atoms with van der Waals surface area (Å²) >= 11 is 11.9. The first-order valence-corrected chi connectivity index (χ1v) is 6.52. The van der Waals surface area contributed by atoms with Gasteiger partial charge >= 0.3 is 0 Å². The Morgan fingerprint density at radius 3 is 2.79 bits per heavy atom. The molecule has 0 radical (unpaired) electrons. The molecule has 1 aromatic carbocycles. The zero-order valence-electron chi connectivity index (χ0n) is 10.3.